The molecule has 2 saturated heterocycles. The Hall–Kier alpha value is -1.23. The standard InChI is InChI=1S/C23H40O6Si2/c1-5-21(24)26-14-10-18-31(19-30-16-7-6-15-28-30)17-9-12-23(4,29-31)11-8-13-27-22(25)20(2)3/h5,30H,1-2,6-19H2,3-4H3. The summed E-state index contributed by atoms with van der Waals surface area (Å²) in [6.45, 7) is 12.7. The van der Waals surface area contributed by atoms with Gasteiger partial charge in [0.15, 0.2) is 17.4 Å². The second-order valence-corrected chi connectivity index (χ2v) is 16.6. The van der Waals surface area contributed by atoms with Gasteiger partial charge in [0.25, 0.3) is 0 Å². The van der Waals surface area contributed by atoms with E-state index in [0.717, 1.165) is 50.0 Å². The molecule has 0 aromatic heterocycles. The van der Waals surface area contributed by atoms with E-state index in [2.05, 4.69) is 20.1 Å². The molecule has 0 N–H and O–H groups in total. The molecule has 0 aliphatic carbocycles. The van der Waals surface area contributed by atoms with Gasteiger partial charge in [0, 0.05) is 18.3 Å². The Kier molecular flexibility index (Phi) is 10.7. The molecule has 2 aliphatic rings. The number of carbonyl (C=O) groups is 2. The number of hydrogen-bond donors (Lipinski definition) is 0. The SMILES string of the molecule is C=CC(=O)OCCC[Si]1(C[SiH]2CCCCO2)CCCC(C)(CCCOC(=O)C(=C)C)O1. The highest BCUT2D eigenvalue weighted by molar-refractivity contribution is 6.84. The molecule has 2 aliphatic heterocycles. The molecule has 0 bridgehead atoms. The number of esters is 2. The Labute approximate surface area is 190 Å². The average molecular weight is 469 g/mol. The fourth-order valence-electron chi connectivity index (χ4n) is 4.75. The average Bonchev–Trinajstić information content (AvgIpc) is 2.74. The van der Waals surface area contributed by atoms with Crippen molar-refractivity contribution in [2.24, 2.45) is 0 Å². The number of rotatable bonds is 12. The van der Waals surface area contributed by atoms with Gasteiger partial charge in [0.1, 0.15) is 0 Å². The van der Waals surface area contributed by atoms with Gasteiger partial charge in [0.05, 0.1) is 18.8 Å². The lowest BCUT2D eigenvalue weighted by molar-refractivity contribution is -0.139. The summed E-state index contributed by atoms with van der Waals surface area (Å²) in [4.78, 5) is 23.0. The first-order chi connectivity index (χ1) is 14.8. The molecule has 0 aromatic rings. The Morgan fingerprint density at radius 1 is 1.19 bits per heavy atom. The van der Waals surface area contributed by atoms with Crippen LogP contribution in [0.2, 0.25) is 23.8 Å². The van der Waals surface area contributed by atoms with Crippen molar-refractivity contribution in [3.05, 3.63) is 24.8 Å². The maximum absolute atomic E-state index is 11.6. The molecule has 31 heavy (non-hydrogen) atoms. The second-order valence-electron chi connectivity index (χ2n) is 9.28. The zero-order valence-electron chi connectivity index (χ0n) is 19.4. The van der Waals surface area contributed by atoms with Crippen LogP contribution in [0.15, 0.2) is 24.8 Å². The molecular formula is C23H40O6Si2. The van der Waals surface area contributed by atoms with Crippen LogP contribution in [-0.4, -0.2) is 54.7 Å². The summed E-state index contributed by atoms with van der Waals surface area (Å²) in [7, 11) is -3.22. The summed E-state index contributed by atoms with van der Waals surface area (Å²) in [5, 5.41) is 0. The lowest BCUT2D eigenvalue weighted by Gasteiger charge is -2.47. The fourth-order valence-corrected chi connectivity index (χ4v) is 16.0. The third-order valence-corrected chi connectivity index (χ3v) is 16.3. The molecule has 8 heteroatoms. The highest BCUT2D eigenvalue weighted by Gasteiger charge is 2.46. The van der Waals surface area contributed by atoms with Gasteiger partial charge < -0.3 is 18.3 Å². The van der Waals surface area contributed by atoms with Crippen molar-refractivity contribution in [1.82, 2.24) is 0 Å². The molecule has 0 amide bonds. The molecule has 176 valence electrons. The van der Waals surface area contributed by atoms with Crippen molar-refractivity contribution in [3.8, 4) is 0 Å². The van der Waals surface area contributed by atoms with Crippen LogP contribution >= 0.6 is 0 Å². The monoisotopic (exact) mass is 468 g/mol. The van der Waals surface area contributed by atoms with Gasteiger partial charge in [-0.05, 0) is 69.8 Å². The lowest BCUT2D eigenvalue weighted by Crippen LogP contribution is -2.53. The number of ether oxygens (including phenoxy) is 2. The normalized spacial score (nSPS) is 28.5. The molecule has 2 rings (SSSR count). The Bertz CT molecular complexity index is 634. The summed E-state index contributed by atoms with van der Waals surface area (Å²) in [6, 6.07) is 3.41. The largest absolute Gasteiger partial charge is 0.463 e. The summed E-state index contributed by atoms with van der Waals surface area (Å²) in [5.74, 6) is -0.688. The van der Waals surface area contributed by atoms with E-state index in [-0.39, 0.29) is 17.5 Å². The zero-order chi connectivity index (χ0) is 22.7. The first-order valence-corrected chi connectivity index (χ1v) is 16.3. The topological polar surface area (TPSA) is 71.1 Å². The minimum atomic E-state index is -1.99. The Morgan fingerprint density at radius 2 is 1.97 bits per heavy atom. The molecule has 0 aromatic carbocycles. The van der Waals surface area contributed by atoms with Crippen LogP contribution in [0, 0.1) is 0 Å². The van der Waals surface area contributed by atoms with Crippen LogP contribution in [0.25, 0.3) is 0 Å². The van der Waals surface area contributed by atoms with E-state index in [9.17, 15) is 9.59 Å². The van der Waals surface area contributed by atoms with Crippen molar-refractivity contribution < 1.29 is 27.9 Å². The van der Waals surface area contributed by atoms with E-state index in [1.54, 1.807) is 6.92 Å². The van der Waals surface area contributed by atoms with Crippen molar-refractivity contribution in [2.45, 2.75) is 88.2 Å². The van der Waals surface area contributed by atoms with E-state index in [1.807, 2.05) is 0 Å². The maximum atomic E-state index is 11.6. The Balaban J connectivity index is 1.95. The quantitative estimate of drug-likeness (QED) is 0.180. The van der Waals surface area contributed by atoms with Crippen molar-refractivity contribution >= 4 is 29.3 Å². The predicted octanol–water partition coefficient (Wildman–Crippen LogP) is 4.59. The smallest absolute Gasteiger partial charge is 0.333 e. The van der Waals surface area contributed by atoms with Crippen LogP contribution in [0.4, 0.5) is 0 Å². The molecule has 0 spiro atoms. The van der Waals surface area contributed by atoms with Gasteiger partial charge in [0.2, 0.25) is 0 Å². The Morgan fingerprint density at radius 3 is 2.65 bits per heavy atom. The highest BCUT2D eigenvalue weighted by atomic mass is 28.4. The molecule has 3 unspecified atom stereocenters. The van der Waals surface area contributed by atoms with E-state index in [0.29, 0.717) is 18.8 Å². The minimum absolute atomic E-state index is 0.180. The zero-order valence-corrected chi connectivity index (χ0v) is 21.6. The highest BCUT2D eigenvalue weighted by Crippen LogP contribution is 2.42. The molecule has 3 atom stereocenters. The first kappa shape index (κ1) is 26.0. The second kappa shape index (κ2) is 12.7. The molecule has 0 saturated carbocycles. The van der Waals surface area contributed by atoms with Crippen LogP contribution in [-0.2, 0) is 27.9 Å². The third kappa shape index (κ3) is 9.04. The van der Waals surface area contributed by atoms with Gasteiger partial charge >= 0.3 is 11.9 Å². The van der Waals surface area contributed by atoms with Crippen molar-refractivity contribution in [1.29, 1.82) is 0 Å². The van der Waals surface area contributed by atoms with Crippen LogP contribution < -0.4 is 0 Å². The molecule has 2 heterocycles. The van der Waals surface area contributed by atoms with E-state index >= 15 is 0 Å². The van der Waals surface area contributed by atoms with Crippen LogP contribution in [0.1, 0.15) is 58.8 Å². The fraction of sp³-hybridized carbons (Fsp3) is 0.739. The van der Waals surface area contributed by atoms with Crippen LogP contribution in [0.5, 0.6) is 0 Å². The predicted molar refractivity (Wildman–Crippen MR) is 127 cm³/mol. The molecule has 2 fully saturated rings. The molecule has 6 nitrogen and oxygen atoms in total. The van der Waals surface area contributed by atoms with Crippen molar-refractivity contribution in [2.75, 3.05) is 19.8 Å². The van der Waals surface area contributed by atoms with Gasteiger partial charge in [-0.3, -0.25) is 0 Å². The van der Waals surface area contributed by atoms with E-state index in [4.69, 9.17) is 18.3 Å². The number of hydrogen-bond acceptors (Lipinski definition) is 6. The summed E-state index contributed by atoms with van der Waals surface area (Å²) < 4.78 is 23.7. The molecule has 0 radical (unpaired) electrons. The van der Waals surface area contributed by atoms with Crippen LogP contribution in [0.3, 0.4) is 0 Å². The summed E-state index contributed by atoms with van der Waals surface area (Å²) in [6.07, 6.45) is 8.37. The van der Waals surface area contributed by atoms with Crippen molar-refractivity contribution in [3.63, 3.8) is 0 Å². The minimum Gasteiger partial charge on any atom is -0.463 e. The van der Waals surface area contributed by atoms with Gasteiger partial charge in [-0.2, -0.15) is 0 Å². The van der Waals surface area contributed by atoms with Gasteiger partial charge in [-0.25, -0.2) is 9.59 Å². The van der Waals surface area contributed by atoms with E-state index < -0.39 is 17.4 Å². The summed E-state index contributed by atoms with van der Waals surface area (Å²) in [5.41, 5.74) is 1.41. The maximum Gasteiger partial charge on any atom is 0.333 e. The van der Waals surface area contributed by atoms with Gasteiger partial charge in [-0.15, -0.1) is 0 Å². The third-order valence-electron chi connectivity index (χ3n) is 6.29. The van der Waals surface area contributed by atoms with E-state index in [1.165, 1.54) is 31.4 Å². The lowest BCUT2D eigenvalue weighted by atomic mass is 9.95. The summed E-state index contributed by atoms with van der Waals surface area (Å²) >= 11 is 0. The first-order valence-electron chi connectivity index (χ1n) is 11.7. The number of carbonyl (C=O) groups excluding carboxylic acids is 2. The molecular weight excluding hydrogens is 428 g/mol. The van der Waals surface area contributed by atoms with Gasteiger partial charge in [-0.1, -0.05) is 26.0 Å².